The molecular formula is C13H15N3O3S. The number of thiophene rings is 1. The molecular weight excluding hydrogens is 278 g/mol. The van der Waals surface area contributed by atoms with Crippen molar-refractivity contribution in [2.24, 2.45) is 0 Å². The van der Waals surface area contributed by atoms with Crippen LogP contribution in [0.25, 0.3) is 0 Å². The van der Waals surface area contributed by atoms with Gasteiger partial charge in [0.2, 0.25) is 0 Å². The van der Waals surface area contributed by atoms with E-state index in [1.165, 1.54) is 11.3 Å². The molecule has 0 spiro atoms. The van der Waals surface area contributed by atoms with Crippen molar-refractivity contribution >= 4 is 28.2 Å². The first-order chi connectivity index (χ1) is 9.43. The molecule has 1 amide bonds. The molecule has 0 atom stereocenters. The Morgan fingerprint density at radius 2 is 2.15 bits per heavy atom. The van der Waals surface area contributed by atoms with Gasteiger partial charge >= 0.3 is 5.97 Å². The van der Waals surface area contributed by atoms with Crippen molar-refractivity contribution in [2.75, 3.05) is 5.32 Å². The summed E-state index contributed by atoms with van der Waals surface area (Å²) in [6.45, 7) is 5.53. The van der Waals surface area contributed by atoms with Gasteiger partial charge in [0.1, 0.15) is 5.00 Å². The standard InChI is InChI=1S/C13H15N3O3S/c1-4-8-7(3)20-12(10(8)13(18)19)14-11(17)9-5-6(2)15-16-9/h5H,4H2,1-3H3,(H,14,17)(H,15,16)(H,18,19). The lowest BCUT2D eigenvalue weighted by molar-refractivity contribution is 0.0697. The molecule has 7 heteroatoms. The van der Waals surface area contributed by atoms with Crippen molar-refractivity contribution in [3.8, 4) is 0 Å². The minimum atomic E-state index is -1.03. The first-order valence-corrected chi connectivity index (χ1v) is 6.94. The van der Waals surface area contributed by atoms with Crippen LogP contribution in [0.4, 0.5) is 5.00 Å². The van der Waals surface area contributed by atoms with Crippen molar-refractivity contribution < 1.29 is 14.7 Å². The van der Waals surface area contributed by atoms with Crippen molar-refractivity contribution in [3.05, 3.63) is 33.5 Å². The van der Waals surface area contributed by atoms with Crippen LogP contribution in [0.2, 0.25) is 0 Å². The highest BCUT2D eigenvalue weighted by Gasteiger charge is 2.22. The number of aryl methyl sites for hydroxylation is 2. The number of hydrogen-bond acceptors (Lipinski definition) is 4. The fourth-order valence-corrected chi connectivity index (χ4v) is 3.15. The van der Waals surface area contributed by atoms with E-state index in [2.05, 4.69) is 15.5 Å². The van der Waals surface area contributed by atoms with Crippen LogP contribution < -0.4 is 5.32 Å². The Morgan fingerprint density at radius 1 is 1.45 bits per heavy atom. The van der Waals surface area contributed by atoms with Gasteiger partial charge in [-0.25, -0.2) is 4.79 Å². The second-order valence-corrected chi connectivity index (χ2v) is 5.61. The summed E-state index contributed by atoms with van der Waals surface area (Å²) in [6, 6.07) is 1.61. The summed E-state index contributed by atoms with van der Waals surface area (Å²) in [7, 11) is 0. The largest absolute Gasteiger partial charge is 0.478 e. The van der Waals surface area contributed by atoms with Crippen LogP contribution in [-0.2, 0) is 6.42 Å². The van der Waals surface area contributed by atoms with E-state index in [4.69, 9.17) is 0 Å². The fraction of sp³-hybridized carbons (Fsp3) is 0.308. The molecule has 0 bridgehead atoms. The lowest BCUT2D eigenvalue weighted by atomic mass is 10.1. The SMILES string of the molecule is CCc1c(C)sc(NC(=O)c2cc(C)[nH]n2)c1C(=O)O. The van der Waals surface area contributed by atoms with Gasteiger partial charge in [-0.15, -0.1) is 11.3 Å². The van der Waals surface area contributed by atoms with Crippen LogP contribution >= 0.6 is 11.3 Å². The highest BCUT2D eigenvalue weighted by Crippen LogP contribution is 2.33. The predicted molar refractivity (Wildman–Crippen MR) is 76.7 cm³/mol. The number of aromatic nitrogens is 2. The van der Waals surface area contributed by atoms with Crippen LogP contribution in [0.15, 0.2) is 6.07 Å². The predicted octanol–water partition coefficient (Wildman–Crippen LogP) is 2.60. The van der Waals surface area contributed by atoms with E-state index in [9.17, 15) is 14.7 Å². The molecule has 106 valence electrons. The summed E-state index contributed by atoms with van der Waals surface area (Å²) in [5.74, 6) is -1.44. The molecule has 0 saturated carbocycles. The molecule has 6 nitrogen and oxygen atoms in total. The number of H-pyrrole nitrogens is 1. The maximum Gasteiger partial charge on any atom is 0.339 e. The molecule has 0 fully saturated rings. The third-order valence-corrected chi connectivity index (χ3v) is 4.00. The van der Waals surface area contributed by atoms with Crippen LogP contribution in [0.1, 0.15) is 43.9 Å². The van der Waals surface area contributed by atoms with Gasteiger partial charge in [-0.05, 0) is 31.9 Å². The Hall–Kier alpha value is -2.15. The normalized spacial score (nSPS) is 10.6. The Kier molecular flexibility index (Phi) is 3.89. The van der Waals surface area contributed by atoms with Crippen molar-refractivity contribution in [1.82, 2.24) is 10.2 Å². The average molecular weight is 293 g/mol. The first kappa shape index (κ1) is 14.3. The maximum absolute atomic E-state index is 12.0. The fourth-order valence-electron chi connectivity index (χ4n) is 2.02. The Bertz CT molecular complexity index is 672. The van der Waals surface area contributed by atoms with Crippen LogP contribution in [0.3, 0.4) is 0 Å². The number of amides is 1. The highest BCUT2D eigenvalue weighted by molar-refractivity contribution is 7.16. The number of aromatic amines is 1. The Morgan fingerprint density at radius 3 is 2.65 bits per heavy atom. The number of aromatic carboxylic acids is 1. The lowest BCUT2D eigenvalue weighted by Gasteiger charge is -2.03. The van der Waals surface area contributed by atoms with E-state index in [0.29, 0.717) is 11.4 Å². The van der Waals surface area contributed by atoms with E-state index >= 15 is 0 Å². The number of rotatable bonds is 4. The third-order valence-electron chi connectivity index (χ3n) is 2.94. The summed E-state index contributed by atoms with van der Waals surface area (Å²) >= 11 is 1.27. The summed E-state index contributed by atoms with van der Waals surface area (Å²) in [6.07, 6.45) is 0.612. The number of carbonyl (C=O) groups excluding carboxylic acids is 1. The minimum absolute atomic E-state index is 0.176. The number of hydrogen-bond donors (Lipinski definition) is 3. The zero-order valence-corrected chi connectivity index (χ0v) is 12.2. The van der Waals surface area contributed by atoms with Gasteiger partial charge in [-0.2, -0.15) is 5.10 Å². The van der Waals surface area contributed by atoms with E-state index in [0.717, 1.165) is 16.1 Å². The van der Waals surface area contributed by atoms with Crippen molar-refractivity contribution in [2.45, 2.75) is 27.2 Å². The van der Waals surface area contributed by atoms with Gasteiger partial charge < -0.3 is 10.4 Å². The molecule has 0 aromatic carbocycles. The molecule has 0 aliphatic carbocycles. The average Bonchev–Trinajstić information content (AvgIpc) is 2.92. The van der Waals surface area contributed by atoms with Crippen LogP contribution in [-0.4, -0.2) is 27.2 Å². The van der Waals surface area contributed by atoms with Gasteiger partial charge in [0.15, 0.2) is 5.69 Å². The minimum Gasteiger partial charge on any atom is -0.478 e. The van der Waals surface area contributed by atoms with E-state index in [1.54, 1.807) is 13.0 Å². The molecule has 20 heavy (non-hydrogen) atoms. The van der Waals surface area contributed by atoms with Crippen molar-refractivity contribution in [1.29, 1.82) is 0 Å². The molecule has 0 radical (unpaired) electrons. The second-order valence-electron chi connectivity index (χ2n) is 4.39. The van der Waals surface area contributed by atoms with Gasteiger partial charge in [0, 0.05) is 10.6 Å². The summed E-state index contributed by atoms with van der Waals surface area (Å²) in [4.78, 5) is 24.3. The van der Waals surface area contributed by atoms with E-state index < -0.39 is 11.9 Å². The molecule has 0 aliphatic heterocycles. The van der Waals surface area contributed by atoms with Gasteiger partial charge in [-0.3, -0.25) is 9.89 Å². The molecule has 0 unspecified atom stereocenters. The van der Waals surface area contributed by atoms with Crippen molar-refractivity contribution in [3.63, 3.8) is 0 Å². The van der Waals surface area contributed by atoms with Gasteiger partial charge in [-0.1, -0.05) is 6.92 Å². The maximum atomic E-state index is 12.0. The number of carboxylic acids is 1. The van der Waals surface area contributed by atoms with Gasteiger partial charge in [0.25, 0.3) is 5.91 Å². The van der Waals surface area contributed by atoms with E-state index in [-0.39, 0.29) is 11.3 Å². The second kappa shape index (κ2) is 5.46. The number of nitrogens with zero attached hydrogens (tertiary/aromatic N) is 1. The number of carbonyl (C=O) groups is 2. The number of nitrogens with one attached hydrogen (secondary N) is 2. The number of carboxylic acid groups (broad SMARTS) is 1. The molecule has 0 saturated heterocycles. The number of anilines is 1. The first-order valence-electron chi connectivity index (χ1n) is 6.13. The Balaban J connectivity index is 2.34. The molecule has 2 aromatic heterocycles. The smallest absolute Gasteiger partial charge is 0.339 e. The topological polar surface area (TPSA) is 95.1 Å². The molecule has 2 aromatic rings. The summed E-state index contributed by atoms with van der Waals surface area (Å²) < 4.78 is 0. The van der Waals surface area contributed by atoms with Crippen LogP contribution in [0, 0.1) is 13.8 Å². The quantitative estimate of drug-likeness (QED) is 0.807. The highest BCUT2D eigenvalue weighted by atomic mass is 32.1. The molecule has 3 N–H and O–H groups in total. The zero-order chi connectivity index (χ0) is 14.9. The monoisotopic (exact) mass is 293 g/mol. The summed E-state index contributed by atoms with van der Waals surface area (Å²) in [5.41, 5.74) is 1.94. The third kappa shape index (κ3) is 2.57. The van der Waals surface area contributed by atoms with Gasteiger partial charge in [0.05, 0.1) is 5.56 Å². The molecule has 0 aliphatic rings. The molecule has 2 heterocycles. The van der Waals surface area contributed by atoms with Crippen LogP contribution in [0.5, 0.6) is 0 Å². The van der Waals surface area contributed by atoms with E-state index in [1.807, 2.05) is 13.8 Å². The Labute approximate surface area is 119 Å². The lowest BCUT2D eigenvalue weighted by Crippen LogP contribution is -2.14. The zero-order valence-electron chi connectivity index (χ0n) is 11.4. The summed E-state index contributed by atoms with van der Waals surface area (Å²) in [5, 5.41) is 18.8. The molecule has 2 rings (SSSR count).